The van der Waals surface area contributed by atoms with E-state index in [4.69, 9.17) is 18.9 Å². The van der Waals surface area contributed by atoms with Crippen molar-refractivity contribution in [2.24, 2.45) is 16.7 Å². The van der Waals surface area contributed by atoms with Crippen molar-refractivity contribution in [3.63, 3.8) is 0 Å². The average Bonchev–Trinajstić information content (AvgIpc) is 3.31. The van der Waals surface area contributed by atoms with Gasteiger partial charge in [0.05, 0.1) is 24.0 Å². The lowest BCUT2D eigenvalue weighted by Crippen LogP contribution is -2.48. The van der Waals surface area contributed by atoms with Crippen molar-refractivity contribution in [1.29, 1.82) is 0 Å². The number of esters is 2. The zero-order chi connectivity index (χ0) is 49.9. The molecule has 67 heavy (non-hydrogen) atoms. The van der Waals surface area contributed by atoms with E-state index in [1.54, 1.807) is 27.7 Å². The van der Waals surface area contributed by atoms with E-state index in [-0.39, 0.29) is 38.5 Å². The number of carbonyl (C=O) groups excluding carboxylic acids is 4. The van der Waals surface area contributed by atoms with Gasteiger partial charge in [0.15, 0.2) is 0 Å². The van der Waals surface area contributed by atoms with Crippen LogP contribution in [0.1, 0.15) is 249 Å². The number of carbonyl (C=O) groups is 4. The Morgan fingerprint density at radius 3 is 1.46 bits per heavy atom. The van der Waals surface area contributed by atoms with Crippen molar-refractivity contribution in [1.82, 2.24) is 15.5 Å². The summed E-state index contributed by atoms with van der Waals surface area (Å²) in [5.74, 6) is -1.51. The molecule has 2 amide bonds. The molecule has 0 saturated carbocycles. The highest BCUT2D eigenvalue weighted by molar-refractivity contribution is 5.87. The first-order valence-corrected chi connectivity index (χ1v) is 27.9. The van der Waals surface area contributed by atoms with Crippen molar-refractivity contribution in [2.45, 2.75) is 255 Å². The lowest BCUT2D eigenvalue weighted by molar-refractivity contribution is -0.180. The lowest BCUT2D eigenvalue weighted by Gasteiger charge is -2.38. The zero-order valence-corrected chi connectivity index (χ0v) is 45.2. The summed E-state index contributed by atoms with van der Waals surface area (Å²) in [7, 11) is 0. The van der Waals surface area contributed by atoms with Crippen LogP contribution in [0, 0.1) is 16.7 Å². The monoisotopic (exact) mass is 950 g/mol. The highest BCUT2D eigenvalue weighted by Crippen LogP contribution is 2.41. The fourth-order valence-electron chi connectivity index (χ4n) is 8.00. The molecule has 0 aliphatic carbocycles. The zero-order valence-electron chi connectivity index (χ0n) is 45.2. The Labute approximate surface area is 412 Å². The third-order valence-electron chi connectivity index (χ3n) is 13.8. The summed E-state index contributed by atoms with van der Waals surface area (Å²) >= 11 is 0. The minimum atomic E-state index is -1.24. The van der Waals surface area contributed by atoms with E-state index in [0.29, 0.717) is 13.0 Å². The smallest absolute Gasteiger partial charge is 0.465 e. The molecule has 0 rings (SSSR count). The second-order valence-electron chi connectivity index (χ2n) is 20.2. The largest absolute Gasteiger partial charge is 0.508 e. The SMILES string of the molecule is CCCCCCCC/C=C\CCCCCCCCNC(=O)NCC(COC(=O)OCCCN(CC)CC)COC(=O)C(C)(C)C(C)(C)C(=O)OC(CCCCCCCC)CCCCCCCC. The van der Waals surface area contributed by atoms with Gasteiger partial charge in [-0.15, -0.1) is 0 Å². The predicted molar refractivity (Wildman–Crippen MR) is 278 cm³/mol. The van der Waals surface area contributed by atoms with Gasteiger partial charge < -0.3 is 34.5 Å². The Balaban J connectivity index is 5.22. The van der Waals surface area contributed by atoms with E-state index in [1.807, 2.05) is 0 Å². The van der Waals surface area contributed by atoms with Crippen molar-refractivity contribution in [2.75, 3.05) is 52.5 Å². The molecule has 1 atom stereocenters. The number of ether oxygens (including phenoxy) is 4. The van der Waals surface area contributed by atoms with Crippen molar-refractivity contribution in [3.05, 3.63) is 12.2 Å². The van der Waals surface area contributed by atoms with E-state index < -0.39 is 34.8 Å². The standard InChI is InChI=1S/C56H107N3O8/c1-10-15-18-21-24-25-26-27-28-29-30-31-32-33-36-39-43-57-53(62)58-46-49(48-66-54(63)64-45-40-44-59(13-4)14-5)47-65-51(60)55(6,7)56(8,9)52(61)67-50(41-37-34-22-19-16-11-2)42-38-35-23-20-17-12-3/h27-28,49-50H,10-26,29-48H2,1-9H3,(H2,57,58,62)/b28-27-. The summed E-state index contributed by atoms with van der Waals surface area (Å²) in [6, 6.07) is -0.330. The first-order valence-electron chi connectivity index (χ1n) is 27.9. The van der Waals surface area contributed by atoms with Gasteiger partial charge in [-0.3, -0.25) is 9.59 Å². The highest BCUT2D eigenvalue weighted by Gasteiger charge is 2.51. The van der Waals surface area contributed by atoms with Gasteiger partial charge in [0, 0.05) is 25.6 Å². The Bertz CT molecular complexity index is 1220. The number of amides is 2. The third-order valence-corrected chi connectivity index (χ3v) is 13.8. The minimum Gasteiger partial charge on any atom is -0.465 e. The molecule has 0 aliphatic rings. The fraction of sp³-hybridized carbons (Fsp3) is 0.893. The first-order chi connectivity index (χ1) is 32.3. The summed E-state index contributed by atoms with van der Waals surface area (Å²) < 4.78 is 22.9. The third kappa shape index (κ3) is 34.2. The minimum absolute atomic E-state index is 0.103. The lowest BCUT2D eigenvalue weighted by atomic mass is 9.68. The molecule has 0 radical (unpaired) electrons. The van der Waals surface area contributed by atoms with Gasteiger partial charge in [0.1, 0.15) is 12.7 Å². The van der Waals surface area contributed by atoms with Crippen LogP contribution in [0.25, 0.3) is 0 Å². The van der Waals surface area contributed by atoms with E-state index in [2.05, 4.69) is 62.3 Å². The van der Waals surface area contributed by atoms with Crippen LogP contribution in [0.2, 0.25) is 0 Å². The summed E-state index contributed by atoms with van der Waals surface area (Å²) in [6.07, 6.45) is 37.2. The van der Waals surface area contributed by atoms with Crippen molar-refractivity contribution in [3.8, 4) is 0 Å². The van der Waals surface area contributed by atoms with Crippen LogP contribution in [0.4, 0.5) is 9.59 Å². The summed E-state index contributed by atoms with van der Waals surface area (Å²) in [5, 5.41) is 5.81. The van der Waals surface area contributed by atoms with Crippen LogP contribution in [0.3, 0.4) is 0 Å². The number of allylic oxidation sites excluding steroid dienone is 2. The Kier molecular flexibility index (Phi) is 41.4. The topological polar surface area (TPSA) is 132 Å². The number of unbranched alkanes of at least 4 members (excludes halogenated alkanes) is 22. The van der Waals surface area contributed by atoms with Gasteiger partial charge in [-0.05, 0) is 105 Å². The van der Waals surface area contributed by atoms with E-state index in [9.17, 15) is 19.2 Å². The molecule has 11 nitrogen and oxygen atoms in total. The molecule has 2 N–H and O–H groups in total. The molecule has 11 heteroatoms. The van der Waals surface area contributed by atoms with E-state index in [0.717, 1.165) is 83.8 Å². The number of nitrogens with zero attached hydrogens (tertiary/aromatic N) is 1. The first kappa shape index (κ1) is 64.2. The van der Waals surface area contributed by atoms with E-state index >= 15 is 0 Å². The number of hydrogen-bond acceptors (Lipinski definition) is 9. The molecule has 0 aromatic rings. The fourth-order valence-corrected chi connectivity index (χ4v) is 8.00. The molecular formula is C56H107N3O8. The van der Waals surface area contributed by atoms with Crippen LogP contribution in [0.5, 0.6) is 0 Å². The van der Waals surface area contributed by atoms with Gasteiger partial charge in [-0.2, -0.15) is 0 Å². The molecule has 0 spiro atoms. The highest BCUT2D eigenvalue weighted by atomic mass is 16.7. The van der Waals surface area contributed by atoms with Crippen molar-refractivity contribution < 1.29 is 38.1 Å². The Morgan fingerprint density at radius 2 is 0.955 bits per heavy atom. The maximum Gasteiger partial charge on any atom is 0.508 e. The Morgan fingerprint density at radius 1 is 0.507 bits per heavy atom. The van der Waals surface area contributed by atoms with Gasteiger partial charge in [-0.25, -0.2) is 9.59 Å². The second-order valence-corrected chi connectivity index (χ2v) is 20.2. The average molecular weight is 950 g/mol. The molecule has 1 unspecified atom stereocenters. The second kappa shape index (κ2) is 43.2. The predicted octanol–water partition coefficient (Wildman–Crippen LogP) is 14.8. The maximum absolute atomic E-state index is 13.9. The molecular weight excluding hydrogens is 843 g/mol. The summed E-state index contributed by atoms with van der Waals surface area (Å²) in [4.78, 5) is 55.5. The quantitative estimate of drug-likeness (QED) is 0.0265. The molecule has 0 aromatic heterocycles. The summed E-state index contributed by atoms with van der Waals surface area (Å²) in [5.41, 5.74) is -2.42. The van der Waals surface area contributed by atoms with Gasteiger partial charge in [0.2, 0.25) is 0 Å². The maximum atomic E-state index is 13.9. The number of nitrogens with one attached hydrogen (secondary N) is 2. The Hall–Kier alpha value is -2.82. The molecule has 0 saturated heterocycles. The number of hydrogen-bond donors (Lipinski definition) is 2. The van der Waals surface area contributed by atoms with Crippen LogP contribution in [-0.2, 0) is 28.5 Å². The molecule has 0 bridgehead atoms. The number of urea groups is 1. The van der Waals surface area contributed by atoms with Crippen LogP contribution >= 0.6 is 0 Å². The molecule has 0 heterocycles. The van der Waals surface area contributed by atoms with Crippen LogP contribution in [-0.4, -0.2) is 87.7 Å². The van der Waals surface area contributed by atoms with Crippen LogP contribution < -0.4 is 10.6 Å². The van der Waals surface area contributed by atoms with E-state index in [1.165, 1.54) is 116 Å². The van der Waals surface area contributed by atoms with Gasteiger partial charge in [-0.1, -0.05) is 169 Å². The summed E-state index contributed by atoms with van der Waals surface area (Å²) in [6.45, 7) is 21.1. The number of rotatable bonds is 46. The van der Waals surface area contributed by atoms with Gasteiger partial charge in [0.25, 0.3) is 0 Å². The molecule has 0 aromatic carbocycles. The molecule has 394 valence electrons. The molecule has 0 fully saturated rings. The van der Waals surface area contributed by atoms with Crippen molar-refractivity contribution >= 4 is 24.1 Å². The van der Waals surface area contributed by atoms with Gasteiger partial charge >= 0.3 is 24.1 Å². The van der Waals surface area contributed by atoms with Crippen LogP contribution in [0.15, 0.2) is 12.2 Å². The normalized spacial score (nSPS) is 12.5. The molecule has 0 aliphatic heterocycles.